The van der Waals surface area contributed by atoms with E-state index in [1.807, 2.05) is 6.07 Å². The van der Waals surface area contributed by atoms with Crippen molar-refractivity contribution in [3.63, 3.8) is 0 Å². The summed E-state index contributed by atoms with van der Waals surface area (Å²) in [6.45, 7) is 5.52. The molecule has 7 heteroatoms. The molecule has 1 fully saturated rings. The third kappa shape index (κ3) is 2.51. The van der Waals surface area contributed by atoms with Gasteiger partial charge in [-0.2, -0.15) is 5.26 Å². The smallest absolute Gasteiger partial charge is 0.311 e. The minimum absolute atomic E-state index is 0.253. The molecule has 0 saturated heterocycles. The first-order chi connectivity index (χ1) is 11.4. The SMILES string of the molecule is C/C(C#N)=C/C1C(C)(C)[C@]1(Cc1c(F)c(F)c(C)c(F)c1F)C(=O)O. The van der Waals surface area contributed by atoms with Crippen molar-refractivity contribution in [1.29, 1.82) is 5.26 Å². The van der Waals surface area contributed by atoms with Crippen molar-refractivity contribution in [2.24, 2.45) is 16.7 Å². The Kier molecular flexibility index (Phi) is 4.45. The Balaban J connectivity index is 2.62. The van der Waals surface area contributed by atoms with E-state index in [1.54, 1.807) is 13.8 Å². The Morgan fingerprint density at radius 2 is 1.68 bits per heavy atom. The maximum Gasteiger partial charge on any atom is 0.311 e. The number of nitrogens with zero attached hydrogens (tertiary/aromatic N) is 1. The predicted octanol–water partition coefficient (Wildman–Crippen LogP) is 4.29. The van der Waals surface area contributed by atoms with Gasteiger partial charge < -0.3 is 5.11 Å². The summed E-state index contributed by atoms with van der Waals surface area (Å²) in [5.41, 5.74) is -4.09. The number of aliphatic carboxylic acids is 1. The average molecular weight is 355 g/mol. The monoisotopic (exact) mass is 355 g/mol. The molecule has 1 aromatic rings. The van der Waals surface area contributed by atoms with Crippen molar-refractivity contribution in [1.82, 2.24) is 0 Å². The summed E-state index contributed by atoms with van der Waals surface area (Å²) in [6, 6.07) is 1.86. The van der Waals surface area contributed by atoms with E-state index in [-0.39, 0.29) is 5.57 Å². The Labute approximate surface area is 142 Å². The van der Waals surface area contributed by atoms with Crippen LogP contribution in [0.15, 0.2) is 11.6 Å². The molecule has 0 bridgehead atoms. The minimum Gasteiger partial charge on any atom is -0.481 e. The number of halogens is 4. The van der Waals surface area contributed by atoms with Gasteiger partial charge in [0.2, 0.25) is 0 Å². The number of nitriles is 1. The molecule has 2 atom stereocenters. The van der Waals surface area contributed by atoms with Crippen LogP contribution in [-0.4, -0.2) is 11.1 Å². The molecule has 0 aromatic heterocycles. The van der Waals surface area contributed by atoms with Gasteiger partial charge in [-0.15, -0.1) is 0 Å². The van der Waals surface area contributed by atoms with Crippen molar-refractivity contribution in [2.45, 2.75) is 34.1 Å². The summed E-state index contributed by atoms with van der Waals surface area (Å²) in [4.78, 5) is 11.9. The van der Waals surface area contributed by atoms with Gasteiger partial charge in [0.05, 0.1) is 11.5 Å². The van der Waals surface area contributed by atoms with Gasteiger partial charge in [-0.3, -0.25) is 4.79 Å². The van der Waals surface area contributed by atoms with Crippen LogP contribution in [0.2, 0.25) is 0 Å². The predicted molar refractivity (Wildman–Crippen MR) is 81.4 cm³/mol. The second-order valence-corrected chi connectivity index (χ2v) is 6.97. The highest BCUT2D eigenvalue weighted by atomic mass is 19.2. The van der Waals surface area contributed by atoms with Gasteiger partial charge in [-0.25, -0.2) is 17.6 Å². The highest BCUT2D eigenvalue weighted by Crippen LogP contribution is 2.71. The first-order valence-corrected chi connectivity index (χ1v) is 7.56. The molecule has 0 amide bonds. The molecule has 1 saturated carbocycles. The van der Waals surface area contributed by atoms with E-state index in [0.29, 0.717) is 0 Å². The fourth-order valence-electron chi connectivity index (χ4n) is 3.58. The number of allylic oxidation sites excluding steroid dienone is 2. The zero-order valence-electron chi connectivity index (χ0n) is 14.2. The fourth-order valence-corrected chi connectivity index (χ4v) is 3.58. The van der Waals surface area contributed by atoms with E-state index in [2.05, 4.69) is 0 Å². The van der Waals surface area contributed by atoms with Gasteiger partial charge in [-0.1, -0.05) is 19.9 Å². The van der Waals surface area contributed by atoms with E-state index < -0.39 is 63.5 Å². The number of carbonyl (C=O) groups is 1. The molecule has 0 heterocycles. The highest BCUT2D eigenvalue weighted by molar-refractivity contribution is 5.82. The van der Waals surface area contributed by atoms with Crippen molar-refractivity contribution in [2.75, 3.05) is 0 Å². The molecule has 1 unspecified atom stereocenters. The van der Waals surface area contributed by atoms with Gasteiger partial charge in [-0.05, 0) is 25.7 Å². The number of carboxylic acid groups (broad SMARTS) is 1. The Morgan fingerprint density at radius 1 is 1.20 bits per heavy atom. The molecule has 1 aromatic carbocycles. The maximum atomic E-state index is 14.2. The third-order valence-electron chi connectivity index (χ3n) is 5.38. The second kappa shape index (κ2) is 5.87. The van der Waals surface area contributed by atoms with Gasteiger partial charge in [0.15, 0.2) is 23.3 Å². The lowest BCUT2D eigenvalue weighted by molar-refractivity contribution is -0.145. The second-order valence-electron chi connectivity index (χ2n) is 6.97. The standard InChI is InChI=1S/C18H17F4NO2/c1-8(7-23)5-11-17(3,4)18(11,16(24)25)6-10-14(21)12(19)9(2)13(20)15(10)22/h5,11H,6H2,1-4H3,(H,24,25)/b8-5-/t11?,18-/m0/s1. The number of benzene rings is 1. The number of carboxylic acids is 1. The molecule has 134 valence electrons. The quantitative estimate of drug-likeness (QED) is 0.498. The van der Waals surface area contributed by atoms with E-state index in [4.69, 9.17) is 5.26 Å². The van der Waals surface area contributed by atoms with Crippen LogP contribution in [-0.2, 0) is 11.2 Å². The van der Waals surface area contributed by atoms with Crippen LogP contribution in [0.25, 0.3) is 0 Å². The molecule has 0 spiro atoms. The lowest BCUT2D eigenvalue weighted by atomic mass is 9.87. The van der Waals surface area contributed by atoms with Crippen LogP contribution in [0.3, 0.4) is 0 Å². The maximum absolute atomic E-state index is 14.2. The van der Waals surface area contributed by atoms with Crippen molar-refractivity contribution < 1.29 is 27.5 Å². The molecule has 0 aliphatic heterocycles. The first-order valence-electron chi connectivity index (χ1n) is 7.56. The summed E-state index contributed by atoms with van der Waals surface area (Å²) in [5, 5.41) is 18.6. The number of hydrogen-bond acceptors (Lipinski definition) is 2. The summed E-state index contributed by atoms with van der Waals surface area (Å²) in [6.07, 6.45) is 0.700. The topological polar surface area (TPSA) is 61.1 Å². The normalized spacial score (nSPS) is 24.8. The minimum atomic E-state index is -1.67. The number of rotatable bonds is 4. The zero-order valence-corrected chi connectivity index (χ0v) is 14.2. The van der Waals surface area contributed by atoms with Crippen LogP contribution in [0.5, 0.6) is 0 Å². The van der Waals surface area contributed by atoms with Crippen molar-refractivity contribution in [3.05, 3.63) is 46.0 Å². The van der Waals surface area contributed by atoms with Crippen molar-refractivity contribution >= 4 is 5.97 Å². The Morgan fingerprint density at radius 3 is 2.08 bits per heavy atom. The van der Waals surface area contributed by atoms with E-state index in [1.165, 1.54) is 13.0 Å². The number of hydrogen-bond donors (Lipinski definition) is 1. The molecule has 2 rings (SSSR count). The molecule has 3 nitrogen and oxygen atoms in total. The highest BCUT2D eigenvalue weighted by Gasteiger charge is 2.74. The summed E-state index contributed by atoms with van der Waals surface area (Å²) in [5.74, 6) is -8.28. The zero-order chi connectivity index (χ0) is 19.3. The van der Waals surface area contributed by atoms with Crippen LogP contribution >= 0.6 is 0 Å². The molecule has 1 aliphatic carbocycles. The molecule has 0 radical (unpaired) electrons. The van der Waals surface area contributed by atoms with Gasteiger partial charge in [0, 0.05) is 22.6 Å². The average Bonchev–Trinajstić information content (AvgIpc) is 3.02. The largest absolute Gasteiger partial charge is 0.481 e. The van der Waals surface area contributed by atoms with Crippen LogP contribution in [0.1, 0.15) is 31.9 Å². The van der Waals surface area contributed by atoms with Crippen LogP contribution in [0, 0.1) is 58.3 Å². The summed E-state index contributed by atoms with van der Waals surface area (Å²) < 4.78 is 56.0. The van der Waals surface area contributed by atoms with E-state index in [9.17, 15) is 27.5 Å². The third-order valence-corrected chi connectivity index (χ3v) is 5.38. The Bertz CT molecular complexity index is 809. The molecule has 1 aliphatic rings. The summed E-state index contributed by atoms with van der Waals surface area (Å²) in [7, 11) is 0. The van der Waals surface area contributed by atoms with E-state index in [0.717, 1.165) is 6.92 Å². The Hall–Kier alpha value is -2.36. The fraction of sp³-hybridized carbons (Fsp3) is 0.444. The van der Waals surface area contributed by atoms with Gasteiger partial charge in [0.25, 0.3) is 0 Å². The molecular formula is C18H17F4NO2. The van der Waals surface area contributed by atoms with E-state index >= 15 is 0 Å². The molecular weight excluding hydrogens is 338 g/mol. The summed E-state index contributed by atoms with van der Waals surface area (Å²) >= 11 is 0. The van der Waals surface area contributed by atoms with Crippen molar-refractivity contribution in [3.8, 4) is 6.07 Å². The lowest BCUT2D eigenvalue weighted by Crippen LogP contribution is -2.26. The van der Waals surface area contributed by atoms with Gasteiger partial charge >= 0.3 is 5.97 Å². The molecule has 25 heavy (non-hydrogen) atoms. The lowest BCUT2D eigenvalue weighted by Gasteiger charge is -2.18. The van der Waals surface area contributed by atoms with Gasteiger partial charge in [0.1, 0.15) is 0 Å². The molecule has 1 N–H and O–H groups in total. The first kappa shape index (κ1) is 19.0. The van der Waals surface area contributed by atoms with Crippen LogP contribution < -0.4 is 0 Å². The van der Waals surface area contributed by atoms with Crippen LogP contribution in [0.4, 0.5) is 17.6 Å².